The number of carbonyl (C=O) groups is 1. The summed E-state index contributed by atoms with van der Waals surface area (Å²) in [5.74, 6) is 0.882. The number of anilines is 1. The van der Waals surface area contributed by atoms with Crippen LogP contribution in [0, 0.1) is 6.92 Å². The second kappa shape index (κ2) is 9.20. The predicted molar refractivity (Wildman–Crippen MR) is 116 cm³/mol. The summed E-state index contributed by atoms with van der Waals surface area (Å²) < 4.78 is 45.0. The number of amides is 1. The van der Waals surface area contributed by atoms with Crippen molar-refractivity contribution in [2.45, 2.75) is 45.9 Å². The van der Waals surface area contributed by atoms with Crippen LogP contribution in [0.5, 0.6) is 5.75 Å². The SMILES string of the molecule is Cc1ccc(C(C)C)c(OC(C)C(=O)N2CCN(c3cccc(C(F)(F)F)c3)CC2)c1. The summed E-state index contributed by atoms with van der Waals surface area (Å²) in [6, 6.07) is 11.3. The molecule has 0 radical (unpaired) electrons. The Morgan fingerprint density at radius 3 is 2.29 bits per heavy atom. The molecule has 1 heterocycles. The summed E-state index contributed by atoms with van der Waals surface area (Å²) in [5, 5.41) is 0. The smallest absolute Gasteiger partial charge is 0.416 e. The van der Waals surface area contributed by atoms with E-state index < -0.39 is 17.8 Å². The Hall–Kier alpha value is -2.70. The van der Waals surface area contributed by atoms with Crippen molar-refractivity contribution in [3.05, 3.63) is 59.2 Å². The summed E-state index contributed by atoms with van der Waals surface area (Å²) in [4.78, 5) is 16.5. The van der Waals surface area contributed by atoms with Crippen LogP contribution in [0.15, 0.2) is 42.5 Å². The third kappa shape index (κ3) is 5.51. The molecule has 0 N–H and O–H groups in total. The van der Waals surface area contributed by atoms with Crippen LogP contribution in [0.4, 0.5) is 18.9 Å². The second-order valence-electron chi connectivity index (χ2n) is 8.32. The highest BCUT2D eigenvalue weighted by Crippen LogP contribution is 2.32. The molecule has 1 fully saturated rings. The number of halogens is 3. The van der Waals surface area contributed by atoms with E-state index >= 15 is 0 Å². The van der Waals surface area contributed by atoms with Gasteiger partial charge in [0.25, 0.3) is 5.91 Å². The minimum absolute atomic E-state index is 0.111. The maximum Gasteiger partial charge on any atom is 0.416 e. The first-order chi connectivity index (χ1) is 14.6. The van der Waals surface area contributed by atoms with Gasteiger partial charge in [0.05, 0.1) is 5.56 Å². The van der Waals surface area contributed by atoms with Crippen LogP contribution >= 0.6 is 0 Å². The minimum atomic E-state index is -4.37. The Bertz CT molecular complexity index is 919. The van der Waals surface area contributed by atoms with Crippen molar-refractivity contribution in [3.8, 4) is 5.75 Å². The van der Waals surface area contributed by atoms with Crippen molar-refractivity contribution in [1.82, 2.24) is 4.90 Å². The molecule has 0 aliphatic carbocycles. The number of aryl methyl sites for hydroxylation is 1. The van der Waals surface area contributed by atoms with Crippen LogP contribution in [-0.2, 0) is 11.0 Å². The highest BCUT2D eigenvalue weighted by atomic mass is 19.4. The zero-order valence-corrected chi connectivity index (χ0v) is 18.4. The van der Waals surface area contributed by atoms with E-state index in [1.165, 1.54) is 6.07 Å². The molecule has 1 aliphatic heterocycles. The Labute approximate surface area is 181 Å². The van der Waals surface area contributed by atoms with E-state index in [2.05, 4.69) is 13.8 Å². The normalized spacial score (nSPS) is 15.9. The average Bonchev–Trinajstić information content (AvgIpc) is 2.72. The van der Waals surface area contributed by atoms with Crippen LogP contribution < -0.4 is 9.64 Å². The number of alkyl halides is 3. The number of hydrogen-bond donors (Lipinski definition) is 0. The van der Waals surface area contributed by atoms with Gasteiger partial charge in [-0.15, -0.1) is 0 Å². The fourth-order valence-corrected chi connectivity index (χ4v) is 3.78. The Morgan fingerprint density at radius 1 is 1.00 bits per heavy atom. The molecule has 3 rings (SSSR count). The minimum Gasteiger partial charge on any atom is -0.481 e. The van der Waals surface area contributed by atoms with Gasteiger partial charge in [0.15, 0.2) is 6.10 Å². The molecule has 1 atom stereocenters. The maximum atomic E-state index is 13.0. The maximum absolute atomic E-state index is 13.0. The van der Waals surface area contributed by atoms with Gasteiger partial charge in [-0.2, -0.15) is 13.2 Å². The first kappa shape index (κ1) is 23.0. The van der Waals surface area contributed by atoms with Gasteiger partial charge in [0.2, 0.25) is 0 Å². The molecule has 0 aromatic heterocycles. The summed E-state index contributed by atoms with van der Waals surface area (Å²) in [6.07, 6.45) is -5.01. The number of benzene rings is 2. The Balaban J connectivity index is 1.62. The number of rotatable bonds is 5. The lowest BCUT2D eigenvalue weighted by Gasteiger charge is -2.37. The van der Waals surface area contributed by atoms with Gasteiger partial charge >= 0.3 is 6.18 Å². The van der Waals surface area contributed by atoms with Gasteiger partial charge in [-0.25, -0.2) is 0 Å². The van der Waals surface area contributed by atoms with Gasteiger partial charge in [-0.3, -0.25) is 4.79 Å². The molecule has 1 unspecified atom stereocenters. The lowest BCUT2D eigenvalue weighted by molar-refractivity contribution is -0.138. The Morgan fingerprint density at radius 2 is 1.68 bits per heavy atom. The molecule has 31 heavy (non-hydrogen) atoms. The van der Waals surface area contributed by atoms with Crippen molar-refractivity contribution in [2.75, 3.05) is 31.1 Å². The van der Waals surface area contributed by atoms with Gasteiger partial charge in [-0.1, -0.05) is 32.0 Å². The highest BCUT2D eigenvalue weighted by molar-refractivity contribution is 5.81. The van der Waals surface area contributed by atoms with E-state index in [1.54, 1.807) is 17.9 Å². The van der Waals surface area contributed by atoms with Crippen LogP contribution in [0.25, 0.3) is 0 Å². The number of ether oxygens (including phenoxy) is 1. The Kier molecular flexibility index (Phi) is 6.82. The van der Waals surface area contributed by atoms with E-state index in [0.29, 0.717) is 31.9 Å². The standard InChI is InChI=1S/C24H29F3N2O2/c1-16(2)21-9-8-17(3)14-22(21)31-18(4)23(30)29-12-10-28(11-13-29)20-7-5-6-19(15-20)24(25,26)27/h5-9,14-16,18H,10-13H2,1-4H3. The zero-order valence-electron chi connectivity index (χ0n) is 18.4. The molecule has 2 aromatic rings. The quantitative estimate of drug-likeness (QED) is 0.644. The van der Waals surface area contributed by atoms with Gasteiger partial charge in [0.1, 0.15) is 5.75 Å². The molecule has 2 aromatic carbocycles. The molecule has 1 amide bonds. The first-order valence-corrected chi connectivity index (χ1v) is 10.5. The summed E-state index contributed by atoms with van der Waals surface area (Å²) >= 11 is 0. The van der Waals surface area contributed by atoms with Crippen molar-refractivity contribution < 1.29 is 22.7 Å². The third-order valence-electron chi connectivity index (χ3n) is 5.57. The average molecular weight is 435 g/mol. The number of hydrogen-bond acceptors (Lipinski definition) is 3. The van der Waals surface area contributed by atoms with Crippen molar-refractivity contribution in [3.63, 3.8) is 0 Å². The molecule has 168 valence electrons. The molecule has 7 heteroatoms. The summed E-state index contributed by atoms with van der Waals surface area (Å²) in [7, 11) is 0. The molecule has 1 aliphatic rings. The predicted octanol–water partition coefficient (Wildman–Crippen LogP) is 5.25. The molecule has 1 saturated heterocycles. The number of nitrogens with zero attached hydrogens (tertiary/aromatic N) is 2. The lowest BCUT2D eigenvalue weighted by atomic mass is 10.0. The number of piperazine rings is 1. The van der Waals surface area contributed by atoms with Crippen LogP contribution in [0.2, 0.25) is 0 Å². The van der Waals surface area contributed by atoms with Crippen LogP contribution in [0.3, 0.4) is 0 Å². The van der Waals surface area contributed by atoms with Crippen LogP contribution in [-0.4, -0.2) is 43.1 Å². The summed E-state index contributed by atoms with van der Waals surface area (Å²) in [5.41, 5.74) is 1.98. The molecule has 0 bridgehead atoms. The van der Waals surface area contributed by atoms with Crippen molar-refractivity contribution in [1.29, 1.82) is 0 Å². The van der Waals surface area contributed by atoms with Crippen molar-refractivity contribution in [2.24, 2.45) is 0 Å². The van der Waals surface area contributed by atoms with E-state index in [9.17, 15) is 18.0 Å². The van der Waals surface area contributed by atoms with Gasteiger partial charge in [0, 0.05) is 31.9 Å². The van der Waals surface area contributed by atoms with Gasteiger partial charge < -0.3 is 14.5 Å². The van der Waals surface area contributed by atoms with Gasteiger partial charge in [-0.05, 0) is 55.2 Å². The number of carbonyl (C=O) groups excluding carboxylic acids is 1. The van der Waals surface area contributed by atoms with E-state index in [0.717, 1.165) is 29.0 Å². The monoisotopic (exact) mass is 434 g/mol. The topological polar surface area (TPSA) is 32.8 Å². The van der Waals surface area contributed by atoms with Crippen molar-refractivity contribution >= 4 is 11.6 Å². The fourth-order valence-electron chi connectivity index (χ4n) is 3.78. The second-order valence-corrected chi connectivity index (χ2v) is 8.32. The fraction of sp³-hybridized carbons (Fsp3) is 0.458. The molecule has 0 saturated carbocycles. The first-order valence-electron chi connectivity index (χ1n) is 10.5. The van der Waals surface area contributed by atoms with Crippen LogP contribution in [0.1, 0.15) is 43.4 Å². The molecular weight excluding hydrogens is 405 g/mol. The highest BCUT2D eigenvalue weighted by Gasteiger charge is 2.32. The third-order valence-corrected chi connectivity index (χ3v) is 5.57. The lowest BCUT2D eigenvalue weighted by Crippen LogP contribution is -2.52. The molecule has 4 nitrogen and oxygen atoms in total. The largest absolute Gasteiger partial charge is 0.481 e. The van der Waals surface area contributed by atoms with E-state index in [-0.39, 0.29) is 11.8 Å². The summed E-state index contributed by atoms with van der Waals surface area (Å²) in [6.45, 7) is 9.71. The zero-order chi connectivity index (χ0) is 22.8. The molecule has 0 spiro atoms. The van der Waals surface area contributed by atoms with E-state index in [1.807, 2.05) is 30.0 Å². The van der Waals surface area contributed by atoms with E-state index in [4.69, 9.17) is 4.74 Å². The molecular formula is C24H29F3N2O2.